The Bertz CT molecular complexity index is 261. The highest BCUT2D eigenvalue weighted by molar-refractivity contribution is 5.79. The van der Waals surface area contributed by atoms with Crippen molar-refractivity contribution < 1.29 is 4.79 Å². The van der Waals surface area contributed by atoms with Crippen LogP contribution >= 0.6 is 0 Å². The van der Waals surface area contributed by atoms with E-state index in [2.05, 4.69) is 10.2 Å². The number of aromatic nitrogens is 2. The molecule has 4 N–H and O–H groups in total. The number of carbonyl (C=O) groups excluding carboxylic acids is 1. The van der Waals surface area contributed by atoms with E-state index in [1.807, 2.05) is 0 Å². The van der Waals surface area contributed by atoms with Gasteiger partial charge in [-0.2, -0.15) is 10.2 Å². The van der Waals surface area contributed by atoms with E-state index in [-0.39, 0.29) is 0 Å². The molecule has 1 rings (SSSR count). The highest BCUT2D eigenvalue weighted by atomic mass is 16.1. The van der Waals surface area contributed by atoms with E-state index in [1.165, 1.54) is 0 Å². The Labute approximate surface area is 69.8 Å². The minimum absolute atomic E-state index is 0.336. The molecule has 0 bridgehead atoms. The minimum atomic E-state index is -0.679. The van der Waals surface area contributed by atoms with Crippen molar-refractivity contribution in [3.05, 3.63) is 24.0 Å². The molecule has 0 saturated heterocycles. The van der Waals surface area contributed by atoms with Crippen LogP contribution in [0.5, 0.6) is 0 Å². The molecule has 1 aromatic heterocycles. The van der Waals surface area contributed by atoms with Gasteiger partial charge in [-0.05, 0) is 12.1 Å². The van der Waals surface area contributed by atoms with Crippen LogP contribution in [0.3, 0.4) is 0 Å². The van der Waals surface area contributed by atoms with E-state index in [9.17, 15) is 4.79 Å². The second-order valence-corrected chi connectivity index (χ2v) is 2.43. The molecule has 1 atom stereocenters. The first kappa shape index (κ1) is 8.61. The topological polar surface area (TPSA) is 94.9 Å². The predicted octanol–water partition coefficient (Wildman–Crippen LogP) is -1.17. The fourth-order valence-electron chi connectivity index (χ4n) is 0.768. The summed E-state index contributed by atoms with van der Waals surface area (Å²) in [4.78, 5) is 10.6. The first-order chi connectivity index (χ1) is 5.70. The zero-order chi connectivity index (χ0) is 8.97. The van der Waals surface area contributed by atoms with Crippen LogP contribution in [0, 0.1) is 0 Å². The molecule has 0 spiro atoms. The number of hydrogen-bond donors (Lipinski definition) is 2. The molecule has 5 heteroatoms. The van der Waals surface area contributed by atoms with Gasteiger partial charge < -0.3 is 11.5 Å². The molecule has 0 radical (unpaired) electrons. The number of nitrogens with two attached hydrogens (primary N) is 2. The molecule has 1 amide bonds. The van der Waals surface area contributed by atoms with Crippen molar-refractivity contribution in [2.24, 2.45) is 11.5 Å². The summed E-state index contributed by atoms with van der Waals surface area (Å²) >= 11 is 0. The fourth-order valence-corrected chi connectivity index (χ4v) is 0.768. The van der Waals surface area contributed by atoms with Crippen LogP contribution in [-0.2, 0) is 11.2 Å². The van der Waals surface area contributed by atoms with E-state index in [4.69, 9.17) is 11.5 Å². The maximum absolute atomic E-state index is 10.6. The fraction of sp³-hybridized carbons (Fsp3) is 0.286. The Morgan fingerprint density at radius 3 is 2.92 bits per heavy atom. The minimum Gasteiger partial charge on any atom is -0.368 e. The summed E-state index contributed by atoms with van der Waals surface area (Å²) in [5.74, 6) is -0.527. The summed E-state index contributed by atoms with van der Waals surface area (Å²) < 4.78 is 0. The second kappa shape index (κ2) is 3.77. The first-order valence-electron chi connectivity index (χ1n) is 3.51. The molecule has 0 aliphatic heterocycles. The summed E-state index contributed by atoms with van der Waals surface area (Å²) in [5, 5.41) is 7.40. The van der Waals surface area contributed by atoms with Gasteiger partial charge in [-0.1, -0.05) is 0 Å². The van der Waals surface area contributed by atoms with E-state index in [0.29, 0.717) is 12.1 Å². The molecular formula is C7H10N4O. The van der Waals surface area contributed by atoms with E-state index < -0.39 is 11.9 Å². The second-order valence-electron chi connectivity index (χ2n) is 2.43. The number of primary amides is 1. The molecule has 0 aliphatic rings. The quantitative estimate of drug-likeness (QED) is 0.591. The normalized spacial score (nSPS) is 12.4. The van der Waals surface area contributed by atoms with Crippen LogP contribution < -0.4 is 11.5 Å². The van der Waals surface area contributed by atoms with Crippen LogP contribution in [0.25, 0.3) is 0 Å². The van der Waals surface area contributed by atoms with Crippen LogP contribution in [-0.4, -0.2) is 22.1 Å². The van der Waals surface area contributed by atoms with E-state index in [1.54, 1.807) is 18.3 Å². The number of nitrogens with zero attached hydrogens (tertiary/aromatic N) is 2. The summed E-state index contributed by atoms with van der Waals surface area (Å²) in [5.41, 5.74) is 11.0. The largest absolute Gasteiger partial charge is 0.368 e. The molecule has 0 aromatic carbocycles. The third-order valence-corrected chi connectivity index (χ3v) is 1.42. The van der Waals surface area contributed by atoms with Gasteiger partial charge in [0.2, 0.25) is 5.91 Å². The number of hydrogen-bond acceptors (Lipinski definition) is 4. The third kappa shape index (κ3) is 2.28. The summed E-state index contributed by atoms with van der Waals surface area (Å²) in [6, 6.07) is 2.80. The zero-order valence-corrected chi connectivity index (χ0v) is 6.47. The van der Waals surface area contributed by atoms with Crippen LogP contribution in [0.2, 0.25) is 0 Å². The molecule has 12 heavy (non-hydrogen) atoms. The average Bonchev–Trinajstić information content (AvgIpc) is 2.06. The van der Waals surface area contributed by atoms with E-state index in [0.717, 1.165) is 0 Å². The van der Waals surface area contributed by atoms with Crippen molar-refractivity contribution >= 4 is 5.91 Å². The van der Waals surface area contributed by atoms with E-state index >= 15 is 0 Å². The van der Waals surface area contributed by atoms with Gasteiger partial charge in [0.05, 0.1) is 11.7 Å². The molecular weight excluding hydrogens is 156 g/mol. The van der Waals surface area contributed by atoms with Crippen molar-refractivity contribution in [1.82, 2.24) is 10.2 Å². The highest BCUT2D eigenvalue weighted by Gasteiger charge is 2.10. The number of carbonyl (C=O) groups is 1. The Kier molecular flexibility index (Phi) is 2.71. The molecule has 0 aliphatic carbocycles. The van der Waals surface area contributed by atoms with Crippen molar-refractivity contribution in [1.29, 1.82) is 0 Å². The smallest absolute Gasteiger partial charge is 0.234 e. The van der Waals surface area contributed by atoms with Gasteiger partial charge in [0.25, 0.3) is 0 Å². The molecule has 1 unspecified atom stereocenters. The standard InChI is InChI=1S/C7H10N4O/c8-6(7(9)12)4-5-2-1-3-10-11-5/h1-3,6H,4,8H2,(H2,9,12). The van der Waals surface area contributed by atoms with Crippen molar-refractivity contribution in [3.63, 3.8) is 0 Å². The van der Waals surface area contributed by atoms with Crippen LogP contribution in [0.4, 0.5) is 0 Å². The van der Waals surface area contributed by atoms with Gasteiger partial charge in [0.15, 0.2) is 0 Å². The third-order valence-electron chi connectivity index (χ3n) is 1.42. The summed E-state index contributed by atoms with van der Waals surface area (Å²) in [6.07, 6.45) is 1.89. The maximum atomic E-state index is 10.6. The summed E-state index contributed by atoms with van der Waals surface area (Å²) in [6.45, 7) is 0. The van der Waals surface area contributed by atoms with Crippen molar-refractivity contribution in [2.75, 3.05) is 0 Å². The Morgan fingerprint density at radius 1 is 1.67 bits per heavy atom. The van der Waals surface area contributed by atoms with Gasteiger partial charge in [0, 0.05) is 12.6 Å². The van der Waals surface area contributed by atoms with Gasteiger partial charge >= 0.3 is 0 Å². The van der Waals surface area contributed by atoms with Crippen LogP contribution in [0.1, 0.15) is 5.69 Å². The highest BCUT2D eigenvalue weighted by Crippen LogP contribution is 1.94. The van der Waals surface area contributed by atoms with Crippen molar-refractivity contribution in [2.45, 2.75) is 12.5 Å². The number of rotatable bonds is 3. The lowest BCUT2D eigenvalue weighted by Crippen LogP contribution is -2.38. The predicted molar refractivity (Wildman–Crippen MR) is 42.9 cm³/mol. The lowest BCUT2D eigenvalue weighted by molar-refractivity contribution is -0.119. The van der Waals surface area contributed by atoms with Crippen LogP contribution in [0.15, 0.2) is 18.3 Å². The van der Waals surface area contributed by atoms with Gasteiger partial charge in [-0.15, -0.1) is 0 Å². The maximum Gasteiger partial charge on any atom is 0.234 e. The molecule has 1 heterocycles. The van der Waals surface area contributed by atoms with Gasteiger partial charge in [-0.25, -0.2) is 0 Å². The number of amides is 1. The molecule has 1 aromatic rings. The Balaban J connectivity index is 2.58. The Morgan fingerprint density at radius 2 is 2.42 bits per heavy atom. The lowest BCUT2D eigenvalue weighted by atomic mass is 10.1. The summed E-state index contributed by atoms with van der Waals surface area (Å²) in [7, 11) is 0. The van der Waals surface area contributed by atoms with Gasteiger partial charge in [0.1, 0.15) is 0 Å². The first-order valence-corrected chi connectivity index (χ1v) is 3.51. The molecule has 0 fully saturated rings. The Hall–Kier alpha value is -1.49. The SMILES string of the molecule is NC(=O)C(N)Cc1cccnn1. The zero-order valence-electron chi connectivity index (χ0n) is 6.47. The average molecular weight is 166 g/mol. The molecule has 5 nitrogen and oxygen atoms in total. The molecule has 0 saturated carbocycles. The molecule has 64 valence electrons. The van der Waals surface area contributed by atoms with Gasteiger partial charge in [-0.3, -0.25) is 4.79 Å². The monoisotopic (exact) mass is 166 g/mol. The van der Waals surface area contributed by atoms with Crippen molar-refractivity contribution in [3.8, 4) is 0 Å². The lowest BCUT2D eigenvalue weighted by Gasteiger charge is -2.04.